The average molecular weight is 267 g/mol. The van der Waals surface area contributed by atoms with Crippen LogP contribution < -0.4 is 5.32 Å². The Morgan fingerprint density at radius 2 is 1.84 bits per heavy atom. The van der Waals surface area contributed by atoms with Gasteiger partial charge in [0.25, 0.3) is 0 Å². The molecule has 2 rings (SSSR count). The van der Waals surface area contributed by atoms with Crippen LogP contribution in [0, 0.1) is 11.8 Å². The molecule has 1 amide bonds. The molecule has 106 valence electrons. The molecule has 5 nitrogen and oxygen atoms in total. The summed E-state index contributed by atoms with van der Waals surface area (Å²) in [5, 5.41) is 12.0. The molecule has 0 aromatic heterocycles. The number of carboxylic acid groups (broad SMARTS) is 1. The van der Waals surface area contributed by atoms with Crippen molar-refractivity contribution in [3.63, 3.8) is 0 Å². The fourth-order valence-electron chi connectivity index (χ4n) is 2.80. The molecule has 0 saturated carbocycles. The number of amides is 1. The predicted molar refractivity (Wildman–Crippen MR) is 69.6 cm³/mol. The number of rotatable bonds is 7. The van der Waals surface area contributed by atoms with Crippen LogP contribution in [0.4, 0.5) is 0 Å². The van der Waals surface area contributed by atoms with Gasteiger partial charge in [-0.3, -0.25) is 9.59 Å². The molecule has 0 spiro atoms. The van der Waals surface area contributed by atoms with Crippen LogP contribution in [0.3, 0.4) is 0 Å². The smallest absolute Gasteiger partial charge is 0.310 e. The van der Waals surface area contributed by atoms with E-state index in [2.05, 4.69) is 12.2 Å². The van der Waals surface area contributed by atoms with E-state index in [-0.39, 0.29) is 12.0 Å². The standard InChI is InChI=1S/C14H21NO4/c1-2-3-4-5-8-15-13(16)11-9-6-7-10(19-9)12(11)14(17)18/h6-7,9-12H,2-5,8H2,1H3,(H,15,16)(H,17,18)/t9-,10-,11+,12-/m0/s1. The van der Waals surface area contributed by atoms with Gasteiger partial charge in [0.15, 0.2) is 0 Å². The summed E-state index contributed by atoms with van der Waals surface area (Å²) in [6.07, 6.45) is 7.06. The molecule has 2 bridgehead atoms. The second-order valence-corrected chi connectivity index (χ2v) is 5.19. The zero-order valence-corrected chi connectivity index (χ0v) is 11.2. The maximum Gasteiger partial charge on any atom is 0.310 e. The van der Waals surface area contributed by atoms with Gasteiger partial charge in [0.2, 0.25) is 5.91 Å². The fourth-order valence-corrected chi connectivity index (χ4v) is 2.80. The molecule has 19 heavy (non-hydrogen) atoms. The van der Waals surface area contributed by atoms with Crippen molar-refractivity contribution in [1.29, 1.82) is 0 Å². The van der Waals surface area contributed by atoms with Gasteiger partial charge in [-0.15, -0.1) is 0 Å². The van der Waals surface area contributed by atoms with Crippen molar-refractivity contribution in [1.82, 2.24) is 5.32 Å². The first-order valence-electron chi connectivity index (χ1n) is 6.99. The molecule has 0 aromatic carbocycles. The Hall–Kier alpha value is -1.36. The quantitative estimate of drug-likeness (QED) is 0.539. The first-order chi connectivity index (χ1) is 9.15. The molecule has 2 aliphatic heterocycles. The minimum Gasteiger partial charge on any atom is -0.481 e. The molecule has 0 unspecified atom stereocenters. The van der Waals surface area contributed by atoms with Crippen LogP contribution in [0.2, 0.25) is 0 Å². The number of hydrogen-bond acceptors (Lipinski definition) is 3. The highest BCUT2D eigenvalue weighted by Crippen LogP contribution is 2.39. The van der Waals surface area contributed by atoms with Crippen molar-refractivity contribution < 1.29 is 19.4 Å². The summed E-state index contributed by atoms with van der Waals surface area (Å²) >= 11 is 0. The molecule has 0 aliphatic carbocycles. The van der Waals surface area contributed by atoms with E-state index in [1.807, 2.05) is 0 Å². The van der Waals surface area contributed by atoms with Crippen LogP contribution in [0.5, 0.6) is 0 Å². The maximum absolute atomic E-state index is 12.1. The van der Waals surface area contributed by atoms with E-state index in [0.29, 0.717) is 6.54 Å². The van der Waals surface area contributed by atoms with Gasteiger partial charge in [0, 0.05) is 6.54 Å². The van der Waals surface area contributed by atoms with Crippen molar-refractivity contribution in [3.8, 4) is 0 Å². The zero-order chi connectivity index (χ0) is 13.8. The van der Waals surface area contributed by atoms with E-state index in [9.17, 15) is 14.7 Å². The lowest BCUT2D eigenvalue weighted by atomic mass is 9.82. The third kappa shape index (κ3) is 2.97. The van der Waals surface area contributed by atoms with E-state index < -0.39 is 23.9 Å². The summed E-state index contributed by atoms with van der Waals surface area (Å²) in [5.41, 5.74) is 0. The van der Waals surface area contributed by atoms with Gasteiger partial charge >= 0.3 is 5.97 Å². The largest absolute Gasteiger partial charge is 0.481 e. The molecule has 1 fully saturated rings. The Balaban J connectivity index is 1.84. The fraction of sp³-hybridized carbons (Fsp3) is 0.714. The number of carbonyl (C=O) groups is 2. The number of carboxylic acids is 1. The summed E-state index contributed by atoms with van der Waals surface area (Å²) in [5.74, 6) is -2.48. The second-order valence-electron chi connectivity index (χ2n) is 5.19. The van der Waals surface area contributed by atoms with Gasteiger partial charge in [-0.2, -0.15) is 0 Å². The summed E-state index contributed by atoms with van der Waals surface area (Å²) in [7, 11) is 0. The lowest BCUT2D eigenvalue weighted by Gasteiger charge is -2.20. The van der Waals surface area contributed by atoms with Crippen LogP contribution in [0.15, 0.2) is 12.2 Å². The van der Waals surface area contributed by atoms with Crippen molar-refractivity contribution >= 4 is 11.9 Å². The molecule has 2 heterocycles. The third-order valence-electron chi connectivity index (χ3n) is 3.82. The Morgan fingerprint density at radius 3 is 2.47 bits per heavy atom. The number of unbranched alkanes of at least 4 members (excludes halogenated alkanes) is 3. The van der Waals surface area contributed by atoms with Crippen LogP contribution in [0.25, 0.3) is 0 Å². The number of carbonyl (C=O) groups excluding carboxylic acids is 1. The molecular formula is C14H21NO4. The van der Waals surface area contributed by atoms with Crippen molar-refractivity contribution in [2.24, 2.45) is 11.8 Å². The minimum atomic E-state index is -0.956. The van der Waals surface area contributed by atoms with E-state index >= 15 is 0 Å². The lowest BCUT2D eigenvalue weighted by Crippen LogP contribution is -2.42. The van der Waals surface area contributed by atoms with E-state index in [0.717, 1.165) is 25.7 Å². The van der Waals surface area contributed by atoms with Gasteiger partial charge in [0.05, 0.1) is 18.1 Å². The highest BCUT2D eigenvalue weighted by atomic mass is 16.5. The molecule has 0 aromatic rings. The van der Waals surface area contributed by atoms with E-state index in [1.54, 1.807) is 12.2 Å². The van der Waals surface area contributed by atoms with Crippen molar-refractivity contribution in [2.45, 2.75) is 44.8 Å². The topological polar surface area (TPSA) is 75.6 Å². The monoisotopic (exact) mass is 267 g/mol. The summed E-state index contributed by atoms with van der Waals surface area (Å²) in [6, 6.07) is 0. The Morgan fingerprint density at radius 1 is 1.16 bits per heavy atom. The molecule has 0 radical (unpaired) electrons. The number of aliphatic carboxylic acids is 1. The van der Waals surface area contributed by atoms with Gasteiger partial charge in [-0.1, -0.05) is 38.3 Å². The second kappa shape index (κ2) is 6.19. The molecular weight excluding hydrogens is 246 g/mol. The van der Waals surface area contributed by atoms with Gasteiger partial charge in [-0.05, 0) is 6.42 Å². The van der Waals surface area contributed by atoms with Gasteiger partial charge < -0.3 is 15.2 Å². The number of ether oxygens (including phenoxy) is 1. The zero-order valence-electron chi connectivity index (χ0n) is 11.2. The van der Waals surface area contributed by atoms with E-state index in [1.165, 1.54) is 0 Å². The predicted octanol–water partition coefficient (Wildman–Crippen LogP) is 1.34. The highest BCUT2D eigenvalue weighted by molar-refractivity contribution is 5.87. The van der Waals surface area contributed by atoms with Crippen molar-refractivity contribution in [2.75, 3.05) is 6.54 Å². The van der Waals surface area contributed by atoms with Crippen LogP contribution >= 0.6 is 0 Å². The summed E-state index contributed by atoms with van der Waals surface area (Å²) < 4.78 is 5.47. The first-order valence-corrected chi connectivity index (χ1v) is 6.99. The third-order valence-corrected chi connectivity index (χ3v) is 3.82. The van der Waals surface area contributed by atoms with Gasteiger partial charge in [0.1, 0.15) is 5.92 Å². The normalized spacial score (nSPS) is 31.6. The summed E-state index contributed by atoms with van der Waals surface area (Å²) in [6.45, 7) is 2.75. The molecule has 1 saturated heterocycles. The Kier molecular flexibility index (Phi) is 4.58. The Labute approximate surface area is 113 Å². The van der Waals surface area contributed by atoms with Gasteiger partial charge in [-0.25, -0.2) is 0 Å². The summed E-state index contributed by atoms with van der Waals surface area (Å²) in [4.78, 5) is 23.3. The lowest BCUT2D eigenvalue weighted by molar-refractivity contribution is -0.146. The number of hydrogen-bond donors (Lipinski definition) is 2. The molecule has 4 atom stereocenters. The average Bonchev–Trinajstić information content (AvgIpc) is 2.98. The minimum absolute atomic E-state index is 0.194. The molecule has 2 aliphatic rings. The van der Waals surface area contributed by atoms with Crippen LogP contribution in [-0.4, -0.2) is 35.7 Å². The van der Waals surface area contributed by atoms with Crippen molar-refractivity contribution in [3.05, 3.63) is 12.2 Å². The molecule has 2 N–H and O–H groups in total. The number of fused-ring (bicyclic) bond motifs is 2. The van der Waals surface area contributed by atoms with Crippen LogP contribution in [-0.2, 0) is 14.3 Å². The van der Waals surface area contributed by atoms with E-state index in [4.69, 9.17) is 4.74 Å². The molecule has 5 heteroatoms. The first kappa shape index (κ1) is 14.1. The van der Waals surface area contributed by atoms with Crippen LogP contribution in [0.1, 0.15) is 32.6 Å². The Bertz CT molecular complexity index is 380. The highest BCUT2D eigenvalue weighted by Gasteiger charge is 2.52. The SMILES string of the molecule is CCCCCCNC(=O)[C@H]1[C@@H](C(=O)O)[C@@H]2C=C[C@@H]1O2. The number of nitrogens with one attached hydrogen (secondary N) is 1. The maximum atomic E-state index is 12.1.